The van der Waals surface area contributed by atoms with Gasteiger partial charge in [0.25, 0.3) is 0 Å². The molecule has 0 saturated carbocycles. The average molecular weight is 299 g/mol. The highest BCUT2D eigenvalue weighted by atomic mass is 16.5. The second-order valence-electron chi connectivity index (χ2n) is 5.72. The van der Waals surface area contributed by atoms with Crippen LogP contribution in [0.2, 0.25) is 0 Å². The molecule has 1 fully saturated rings. The van der Waals surface area contributed by atoms with Crippen LogP contribution in [0, 0.1) is 0 Å². The number of quaternary nitrogens is 1. The van der Waals surface area contributed by atoms with Gasteiger partial charge in [0.05, 0.1) is 19.8 Å². The monoisotopic (exact) mass is 299 g/mol. The van der Waals surface area contributed by atoms with Crippen LogP contribution in [0.4, 0.5) is 0 Å². The van der Waals surface area contributed by atoms with Crippen molar-refractivity contribution in [1.82, 2.24) is 0 Å². The van der Waals surface area contributed by atoms with Crippen LogP contribution in [0.15, 0.2) is 41.4 Å². The van der Waals surface area contributed by atoms with Crippen molar-refractivity contribution in [2.45, 2.75) is 6.42 Å². The van der Waals surface area contributed by atoms with Crippen LogP contribution in [-0.2, 0) is 4.74 Å². The minimum absolute atomic E-state index is 0.293. The Labute approximate surface area is 131 Å². The Kier molecular flexibility index (Phi) is 5.03. The van der Waals surface area contributed by atoms with Gasteiger partial charge in [0, 0.05) is 24.7 Å². The van der Waals surface area contributed by atoms with Gasteiger partial charge in [-0.15, -0.1) is 0 Å². The van der Waals surface area contributed by atoms with Gasteiger partial charge in [0.2, 0.25) is 0 Å². The van der Waals surface area contributed by atoms with Crippen molar-refractivity contribution >= 4 is 17.0 Å². The highest BCUT2D eigenvalue weighted by Crippen LogP contribution is 2.25. The molecule has 1 aliphatic heterocycles. The molecule has 0 atom stereocenters. The van der Waals surface area contributed by atoms with E-state index in [-0.39, 0.29) is 0 Å². The molecular formula is C18H23N2O2+. The second kappa shape index (κ2) is 7.38. The lowest BCUT2D eigenvalue weighted by Gasteiger charge is -2.23. The van der Waals surface area contributed by atoms with E-state index in [4.69, 9.17) is 4.74 Å². The predicted molar refractivity (Wildman–Crippen MR) is 89.1 cm³/mol. The molecule has 2 aromatic rings. The maximum Gasteiger partial charge on any atom is 0.124 e. The quantitative estimate of drug-likeness (QED) is 0.645. The van der Waals surface area contributed by atoms with Crippen molar-refractivity contribution in [2.24, 2.45) is 4.99 Å². The fraction of sp³-hybridized carbons (Fsp3) is 0.389. The highest BCUT2D eigenvalue weighted by molar-refractivity contribution is 6.02. The van der Waals surface area contributed by atoms with Crippen molar-refractivity contribution < 1.29 is 14.7 Å². The lowest BCUT2D eigenvalue weighted by molar-refractivity contribution is -0.908. The molecule has 0 amide bonds. The maximum absolute atomic E-state index is 10.1. The zero-order valence-corrected chi connectivity index (χ0v) is 12.8. The van der Waals surface area contributed by atoms with Gasteiger partial charge < -0.3 is 14.7 Å². The zero-order valence-electron chi connectivity index (χ0n) is 12.8. The van der Waals surface area contributed by atoms with E-state index in [1.165, 1.54) is 0 Å². The molecule has 0 aliphatic carbocycles. The van der Waals surface area contributed by atoms with E-state index in [0.29, 0.717) is 5.75 Å². The number of phenolic OH excluding ortho intramolecular Hbond substituents is 1. The molecule has 2 N–H and O–H groups in total. The summed E-state index contributed by atoms with van der Waals surface area (Å²) in [6, 6.07) is 11.7. The number of morpholine rings is 1. The van der Waals surface area contributed by atoms with Crippen LogP contribution < -0.4 is 4.90 Å². The lowest BCUT2D eigenvalue weighted by atomic mass is 10.0. The molecular weight excluding hydrogens is 276 g/mol. The maximum atomic E-state index is 10.1. The molecule has 22 heavy (non-hydrogen) atoms. The highest BCUT2D eigenvalue weighted by Gasteiger charge is 2.12. The van der Waals surface area contributed by atoms with Crippen LogP contribution in [-0.4, -0.2) is 50.7 Å². The molecule has 1 saturated heterocycles. The Morgan fingerprint density at radius 2 is 1.95 bits per heavy atom. The summed E-state index contributed by atoms with van der Waals surface area (Å²) >= 11 is 0. The smallest absolute Gasteiger partial charge is 0.124 e. The van der Waals surface area contributed by atoms with E-state index in [2.05, 4.69) is 4.99 Å². The molecule has 0 aromatic heterocycles. The molecule has 0 bridgehead atoms. The van der Waals surface area contributed by atoms with Gasteiger partial charge in [0.15, 0.2) is 0 Å². The minimum atomic E-state index is 0.293. The number of aromatic hydroxyl groups is 1. The van der Waals surface area contributed by atoms with E-state index < -0.39 is 0 Å². The summed E-state index contributed by atoms with van der Waals surface area (Å²) in [5.41, 5.74) is 0.816. The molecule has 0 unspecified atom stereocenters. The largest absolute Gasteiger partial charge is 0.507 e. The number of nitrogens with zero attached hydrogens (tertiary/aromatic N) is 1. The van der Waals surface area contributed by atoms with E-state index >= 15 is 0 Å². The van der Waals surface area contributed by atoms with Gasteiger partial charge in [-0.3, -0.25) is 4.99 Å². The summed E-state index contributed by atoms with van der Waals surface area (Å²) in [4.78, 5) is 6.11. The summed E-state index contributed by atoms with van der Waals surface area (Å²) in [7, 11) is 0. The Balaban J connectivity index is 1.59. The third kappa shape index (κ3) is 3.64. The molecule has 116 valence electrons. The molecule has 0 spiro atoms. The number of fused-ring (bicyclic) bond motifs is 1. The van der Waals surface area contributed by atoms with Crippen molar-refractivity contribution in [1.29, 1.82) is 0 Å². The number of benzene rings is 2. The topological polar surface area (TPSA) is 46.3 Å². The van der Waals surface area contributed by atoms with E-state index in [9.17, 15) is 5.11 Å². The molecule has 4 heteroatoms. The summed E-state index contributed by atoms with van der Waals surface area (Å²) in [6.45, 7) is 5.90. The molecule has 1 aliphatic rings. The van der Waals surface area contributed by atoms with Gasteiger partial charge in [-0.2, -0.15) is 0 Å². The number of rotatable bonds is 5. The van der Waals surface area contributed by atoms with Crippen LogP contribution in [0.1, 0.15) is 12.0 Å². The van der Waals surface area contributed by atoms with Crippen molar-refractivity contribution in [3.05, 3.63) is 42.0 Å². The Bertz CT molecular complexity index is 649. The fourth-order valence-corrected chi connectivity index (χ4v) is 2.91. The number of hydrogen-bond donors (Lipinski definition) is 2. The van der Waals surface area contributed by atoms with E-state index in [0.717, 1.165) is 62.1 Å². The first-order valence-corrected chi connectivity index (χ1v) is 7.96. The molecule has 2 aromatic carbocycles. The molecule has 0 radical (unpaired) electrons. The SMILES string of the molecule is Oc1ccc2ccccc2c1C=NCCC[NH+]1CCOCC1. The summed E-state index contributed by atoms with van der Waals surface area (Å²) < 4.78 is 5.36. The van der Waals surface area contributed by atoms with Crippen LogP contribution >= 0.6 is 0 Å². The predicted octanol–water partition coefficient (Wildman–Crippen LogP) is 1.27. The van der Waals surface area contributed by atoms with E-state index in [1.54, 1.807) is 11.0 Å². The summed E-state index contributed by atoms with van der Waals surface area (Å²) in [6.07, 6.45) is 2.88. The third-order valence-corrected chi connectivity index (χ3v) is 4.19. The number of ether oxygens (including phenoxy) is 1. The van der Waals surface area contributed by atoms with Crippen LogP contribution in [0.3, 0.4) is 0 Å². The summed E-state index contributed by atoms with van der Waals surface area (Å²) in [5.74, 6) is 0.293. The fourth-order valence-electron chi connectivity index (χ4n) is 2.91. The first kappa shape index (κ1) is 15.0. The zero-order chi connectivity index (χ0) is 15.2. The first-order chi connectivity index (χ1) is 10.8. The number of hydrogen-bond acceptors (Lipinski definition) is 3. The summed E-state index contributed by atoms with van der Waals surface area (Å²) in [5, 5.41) is 12.2. The molecule has 1 heterocycles. The number of nitrogens with one attached hydrogen (secondary N) is 1. The minimum Gasteiger partial charge on any atom is -0.507 e. The van der Waals surface area contributed by atoms with Crippen molar-refractivity contribution in [2.75, 3.05) is 39.4 Å². The standard InChI is InChI=1S/C18H22N2O2/c21-18-7-6-15-4-1-2-5-16(15)17(18)14-19-8-3-9-20-10-12-22-13-11-20/h1-2,4-7,14,21H,3,8-13H2/p+1. The second-order valence-corrected chi connectivity index (χ2v) is 5.72. The Hall–Kier alpha value is -1.91. The lowest BCUT2D eigenvalue weighted by Crippen LogP contribution is -3.14. The Morgan fingerprint density at radius 1 is 1.14 bits per heavy atom. The van der Waals surface area contributed by atoms with Gasteiger partial charge >= 0.3 is 0 Å². The number of aliphatic imine (C=N–C) groups is 1. The third-order valence-electron chi connectivity index (χ3n) is 4.19. The van der Waals surface area contributed by atoms with Crippen LogP contribution in [0.5, 0.6) is 5.75 Å². The van der Waals surface area contributed by atoms with Gasteiger partial charge in [0.1, 0.15) is 18.8 Å². The van der Waals surface area contributed by atoms with Crippen molar-refractivity contribution in [3.63, 3.8) is 0 Å². The average Bonchev–Trinajstić information content (AvgIpc) is 2.57. The number of phenols is 1. The van der Waals surface area contributed by atoms with Gasteiger partial charge in [-0.1, -0.05) is 30.3 Å². The van der Waals surface area contributed by atoms with Crippen molar-refractivity contribution in [3.8, 4) is 5.75 Å². The van der Waals surface area contributed by atoms with Crippen LogP contribution in [0.25, 0.3) is 10.8 Å². The van der Waals surface area contributed by atoms with Gasteiger partial charge in [-0.05, 0) is 16.8 Å². The Morgan fingerprint density at radius 3 is 2.82 bits per heavy atom. The van der Waals surface area contributed by atoms with E-state index in [1.807, 2.05) is 36.5 Å². The first-order valence-electron chi connectivity index (χ1n) is 7.96. The molecule has 3 rings (SSSR count). The van der Waals surface area contributed by atoms with Gasteiger partial charge in [-0.25, -0.2) is 0 Å². The molecule has 4 nitrogen and oxygen atoms in total. The normalized spacial score (nSPS) is 16.5.